The van der Waals surface area contributed by atoms with E-state index in [1.165, 1.54) is 0 Å². The van der Waals surface area contributed by atoms with Crippen LogP contribution in [0.5, 0.6) is 5.75 Å². The third kappa shape index (κ3) is 3.88. The topological polar surface area (TPSA) is 73.1 Å². The highest BCUT2D eigenvalue weighted by molar-refractivity contribution is 6.05. The van der Waals surface area contributed by atoms with Crippen LogP contribution in [0, 0.1) is 0 Å². The number of hydrogen-bond donors (Lipinski definition) is 0. The lowest BCUT2D eigenvalue weighted by atomic mass is 10.2. The lowest BCUT2D eigenvalue weighted by molar-refractivity contribution is 0.0993. The second-order valence-corrected chi connectivity index (χ2v) is 6.15. The predicted molar refractivity (Wildman–Crippen MR) is 98.2 cm³/mol. The molecule has 7 heteroatoms. The number of aromatic nitrogens is 4. The molecule has 1 amide bonds. The minimum absolute atomic E-state index is 0.0773. The number of anilines is 1. The normalized spacial score (nSPS) is 10.8. The van der Waals surface area contributed by atoms with Crippen molar-refractivity contribution >= 4 is 11.6 Å². The molecule has 0 spiro atoms. The van der Waals surface area contributed by atoms with Gasteiger partial charge in [0.1, 0.15) is 12.4 Å². The number of ether oxygens (including phenoxy) is 1. The van der Waals surface area contributed by atoms with Gasteiger partial charge in [-0.25, -0.2) is 4.68 Å². The molecule has 0 saturated carbocycles. The van der Waals surface area contributed by atoms with Crippen LogP contribution in [0.4, 0.5) is 5.69 Å². The molecule has 0 unspecified atom stereocenters. The maximum absolute atomic E-state index is 12.6. The summed E-state index contributed by atoms with van der Waals surface area (Å²) >= 11 is 0. The molecule has 0 fully saturated rings. The van der Waals surface area contributed by atoms with E-state index < -0.39 is 0 Å². The van der Waals surface area contributed by atoms with Gasteiger partial charge in [0.05, 0.1) is 6.04 Å². The van der Waals surface area contributed by atoms with E-state index in [9.17, 15) is 4.79 Å². The van der Waals surface area contributed by atoms with Crippen molar-refractivity contribution in [3.8, 4) is 5.75 Å². The number of carbonyl (C=O) groups is 1. The molecule has 3 rings (SSSR count). The third-order valence-corrected chi connectivity index (χ3v) is 3.97. The van der Waals surface area contributed by atoms with Crippen molar-refractivity contribution in [1.29, 1.82) is 0 Å². The van der Waals surface area contributed by atoms with Crippen molar-refractivity contribution in [2.45, 2.75) is 26.5 Å². The highest BCUT2D eigenvalue weighted by Gasteiger charge is 2.14. The Bertz CT molecular complexity index is 859. The first-order valence-corrected chi connectivity index (χ1v) is 8.39. The van der Waals surface area contributed by atoms with Crippen molar-refractivity contribution in [3.05, 3.63) is 66.0 Å². The Morgan fingerprint density at radius 2 is 1.81 bits per heavy atom. The fraction of sp³-hybridized carbons (Fsp3) is 0.263. The zero-order valence-corrected chi connectivity index (χ0v) is 15.0. The van der Waals surface area contributed by atoms with Crippen molar-refractivity contribution in [2.75, 3.05) is 11.9 Å². The smallest absolute Gasteiger partial charge is 0.258 e. The molecule has 26 heavy (non-hydrogen) atoms. The SMILES string of the molecule is CC(C)n1nnnc1COc1ccc(C(=O)N(C)c2ccccc2)cc1. The Hall–Kier alpha value is -3.22. The van der Waals surface area contributed by atoms with Crippen molar-refractivity contribution < 1.29 is 9.53 Å². The van der Waals surface area contributed by atoms with Crippen LogP contribution in [-0.4, -0.2) is 33.2 Å². The van der Waals surface area contributed by atoms with E-state index >= 15 is 0 Å². The lowest BCUT2D eigenvalue weighted by Crippen LogP contribution is -2.26. The molecule has 1 aromatic heterocycles. The van der Waals surface area contributed by atoms with Crippen LogP contribution >= 0.6 is 0 Å². The Labute approximate surface area is 152 Å². The Balaban J connectivity index is 1.65. The zero-order valence-electron chi connectivity index (χ0n) is 15.0. The van der Waals surface area contributed by atoms with Gasteiger partial charge in [0, 0.05) is 18.3 Å². The Morgan fingerprint density at radius 3 is 2.46 bits per heavy atom. The number of benzene rings is 2. The maximum Gasteiger partial charge on any atom is 0.258 e. The second-order valence-electron chi connectivity index (χ2n) is 6.15. The second kappa shape index (κ2) is 7.77. The van der Waals surface area contributed by atoms with Gasteiger partial charge in [-0.1, -0.05) is 18.2 Å². The van der Waals surface area contributed by atoms with Crippen LogP contribution in [-0.2, 0) is 6.61 Å². The van der Waals surface area contributed by atoms with Crippen LogP contribution in [0.2, 0.25) is 0 Å². The average molecular weight is 351 g/mol. The highest BCUT2D eigenvalue weighted by Crippen LogP contribution is 2.18. The van der Waals surface area contributed by atoms with E-state index in [0.717, 1.165) is 5.69 Å². The first kappa shape index (κ1) is 17.6. The van der Waals surface area contributed by atoms with Gasteiger partial charge < -0.3 is 9.64 Å². The van der Waals surface area contributed by atoms with Gasteiger partial charge >= 0.3 is 0 Å². The maximum atomic E-state index is 12.6. The third-order valence-electron chi connectivity index (χ3n) is 3.97. The number of hydrogen-bond acceptors (Lipinski definition) is 5. The molecule has 3 aromatic rings. The fourth-order valence-electron chi connectivity index (χ4n) is 2.51. The molecular weight excluding hydrogens is 330 g/mol. The minimum atomic E-state index is -0.0773. The lowest BCUT2D eigenvalue weighted by Gasteiger charge is -2.17. The molecule has 0 aliphatic rings. The summed E-state index contributed by atoms with van der Waals surface area (Å²) in [6.45, 7) is 4.27. The predicted octanol–water partition coefficient (Wildman–Crippen LogP) is 3.11. The van der Waals surface area contributed by atoms with Gasteiger partial charge in [-0.15, -0.1) is 5.10 Å². The quantitative estimate of drug-likeness (QED) is 0.682. The molecule has 0 aliphatic heterocycles. The summed E-state index contributed by atoms with van der Waals surface area (Å²) in [6.07, 6.45) is 0. The molecule has 0 N–H and O–H groups in total. The standard InChI is InChI=1S/C19H21N5O2/c1-14(2)24-18(20-21-22-24)13-26-17-11-9-15(10-12-17)19(25)23(3)16-7-5-4-6-8-16/h4-12,14H,13H2,1-3H3. The van der Waals surface area contributed by atoms with Crippen molar-refractivity contribution in [1.82, 2.24) is 20.2 Å². The number of amides is 1. The van der Waals surface area contributed by atoms with E-state index in [1.54, 1.807) is 40.9 Å². The fourth-order valence-corrected chi connectivity index (χ4v) is 2.51. The van der Waals surface area contributed by atoms with Crippen LogP contribution in [0.25, 0.3) is 0 Å². The molecule has 0 atom stereocenters. The first-order valence-electron chi connectivity index (χ1n) is 8.39. The van der Waals surface area contributed by atoms with Crippen molar-refractivity contribution in [2.24, 2.45) is 0 Å². The van der Waals surface area contributed by atoms with Gasteiger partial charge in [0.2, 0.25) is 0 Å². The largest absolute Gasteiger partial charge is 0.486 e. The first-order chi connectivity index (χ1) is 12.6. The van der Waals surface area contributed by atoms with Gasteiger partial charge in [-0.05, 0) is 60.7 Å². The summed E-state index contributed by atoms with van der Waals surface area (Å²) < 4.78 is 7.45. The monoisotopic (exact) mass is 351 g/mol. The number of tetrazole rings is 1. The van der Waals surface area contributed by atoms with E-state index in [0.29, 0.717) is 17.1 Å². The molecular formula is C19H21N5O2. The van der Waals surface area contributed by atoms with Crippen LogP contribution in [0.1, 0.15) is 36.1 Å². The molecule has 0 bridgehead atoms. The van der Waals surface area contributed by atoms with Crippen LogP contribution in [0.15, 0.2) is 54.6 Å². The Kier molecular flexibility index (Phi) is 5.26. The van der Waals surface area contributed by atoms with E-state index in [1.807, 2.05) is 44.2 Å². The van der Waals surface area contributed by atoms with Crippen LogP contribution < -0.4 is 9.64 Å². The van der Waals surface area contributed by atoms with E-state index in [-0.39, 0.29) is 18.6 Å². The Morgan fingerprint density at radius 1 is 1.12 bits per heavy atom. The summed E-state index contributed by atoms with van der Waals surface area (Å²) in [7, 11) is 1.76. The number of carbonyl (C=O) groups excluding carboxylic acids is 1. The van der Waals surface area contributed by atoms with E-state index in [4.69, 9.17) is 4.74 Å². The molecule has 0 saturated heterocycles. The summed E-state index contributed by atoms with van der Waals surface area (Å²) in [5.74, 6) is 1.23. The molecule has 7 nitrogen and oxygen atoms in total. The summed E-state index contributed by atoms with van der Waals surface area (Å²) in [5.41, 5.74) is 1.44. The van der Waals surface area contributed by atoms with E-state index in [2.05, 4.69) is 15.5 Å². The van der Waals surface area contributed by atoms with Crippen molar-refractivity contribution in [3.63, 3.8) is 0 Å². The molecule has 0 radical (unpaired) electrons. The molecule has 0 aliphatic carbocycles. The molecule has 134 valence electrons. The van der Waals surface area contributed by atoms with Gasteiger partial charge in [-0.2, -0.15) is 0 Å². The highest BCUT2D eigenvalue weighted by atomic mass is 16.5. The summed E-state index contributed by atoms with van der Waals surface area (Å²) in [6, 6.07) is 16.7. The summed E-state index contributed by atoms with van der Waals surface area (Å²) in [4.78, 5) is 14.2. The van der Waals surface area contributed by atoms with Gasteiger partial charge in [0.15, 0.2) is 5.82 Å². The van der Waals surface area contributed by atoms with Gasteiger partial charge in [-0.3, -0.25) is 4.79 Å². The molecule has 1 heterocycles. The number of para-hydroxylation sites is 1. The molecule has 2 aromatic carbocycles. The summed E-state index contributed by atoms with van der Waals surface area (Å²) in [5, 5.41) is 11.6. The minimum Gasteiger partial charge on any atom is -0.486 e. The zero-order chi connectivity index (χ0) is 18.5. The van der Waals surface area contributed by atoms with Gasteiger partial charge in [0.25, 0.3) is 5.91 Å². The van der Waals surface area contributed by atoms with Crippen LogP contribution in [0.3, 0.4) is 0 Å². The average Bonchev–Trinajstić information content (AvgIpc) is 3.15. The number of nitrogens with zero attached hydrogens (tertiary/aromatic N) is 5. The number of rotatable bonds is 6.